The van der Waals surface area contributed by atoms with E-state index in [2.05, 4.69) is 17.1 Å². The van der Waals surface area contributed by atoms with Crippen LogP contribution in [0.1, 0.15) is 58.3 Å². The highest BCUT2D eigenvalue weighted by Gasteiger charge is 2.49. The molecule has 1 heterocycles. The van der Waals surface area contributed by atoms with E-state index in [1.54, 1.807) is 0 Å². The van der Waals surface area contributed by atoms with Crippen molar-refractivity contribution in [1.29, 1.82) is 0 Å². The van der Waals surface area contributed by atoms with Gasteiger partial charge in [-0.05, 0) is 57.9 Å². The van der Waals surface area contributed by atoms with Crippen LogP contribution in [0.2, 0.25) is 0 Å². The second-order valence-corrected chi connectivity index (χ2v) is 6.70. The van der Waals surface area contributed by atoms with Crippen LogP contribution in [-0.4, -0.2) is 41.0 Å². The highest BCUT2D eigenvalue weighted by Crippen LogP contribution is 2.38. The van der Waals surface area contributed by atoms with Crippen molar-refractivity contribution in [2.24, 2.45) is 5.73 Å². The van der Waals surface area contributed by atoms with Crippen LogP contribution in [0.5, 0.6) is 0 Å². The summed E-state index contributed by atoms with van der Waals surface area (Å²) in [5, 5.41) is 3.55. The molecule has 1 saturated heterocycles. The molecule has 0 spiro atoms. The fourth-order valence-electron chi connectivity index (χ4n) is 4.12. The van der Waals surface area contributed by atoms with Crippen LogP contribution in [0.25, 0.3) is 0 Å². The molecule has 108 valence electrons. The summed E-state index contributed by atoms with van der Waals surface area (Å²) in [4.78, 5) is 14.6. The average molecular weight is 265 g/mol. The molecule has 1 aliphatic heterocycles. The summed E-state index contributed by atoms with van der Waals surface area (Å²) in [5.41, 5.74) is 5.31. The average Bonchev–Trinajstić information content (AvgIpc) is 2.93. The highest BCUT2D eigenvalue weighted by molar-refractivity contribution is 5.85. The molecule has 0 aromatic heterocycles. The van der Waals surface area contributed by atoms with Gasteiger partial charge in [0.2, 0.25) is 5.91 Å². The topological polar surface area (TPSA) is 58.4 Å². The molecule has 0 aromatic carbocycles. The van der Waals surface area contributed by atoms with Crippen molar-refractivity contribution >= 4 is 5.91 Å². The molecule has 2 aliphatic carbocycles. The Labute approximate surface area is 116 Å². The van der Waals surface area contributed by atoms with Gasteiger partial charge < -0.3 is 11.1 Å². The first-order valence-electron chi connectivity index (χ1n) is 7.98. The van der Waals surface area contributed by atoms with E-state index in [1.807, 2.05) is 0 Å². The Balaban J connectivity index is 1.68. The van der Waals surface area contributed by atoms with Gasteiger partial charge in [0.1, 0.15) is 0 Å². The molecule has 3 atom stereocenters. The van der Waals surface area contributed by atoms with Gasteiger partial charge in [-0.3, -0.25) is 9.69 Å². The second kappa shape index (κ2) is 5.06. The van der Waals surface area contributed by atoms with Gasteiger partial charge in [-0.2, -0.15) is 0 Å². The zero-order valence-electron chi connectivity index (χ0n) is 12.0. The first-order valence-corrected chi connectivity index (χ1v) is 7.98. The van der Waals surface area contributed by atoms with Crippen LogP contribution < -0.4 is 11.1 Å². The molecule has 19 heavy (non-hydrogen) atoms. The van der Waals surface area contributed by atoms with Gasteiger partial charge in [0.05, 0.1) is 5.54 Å². The normalized spacial score (nSPS) is 39.8. The summed E-state index contributed by atoms with van der Waals surface area (Å²) in [6.45, 7) is 3.49. The van der Waals surface area contributed by atoms with Gasteiger partial charge in [-0.25, -0.2) is 0 Å². The third-order valence-electron chi connectivity index (χ3n) is 5.38. The minimum absolute atomic E-state index is 0.130. The Morgan fingerprint density at radius 3 is 2.79 bits per heavy atom. The summed E-state index contributed by atoms with van der Waals surface area (Å²) in [6, 6.07) is 1.84. The molecule has 3 fully saturated rings. The zero-order valence-corrected chi connectivity index (χ0v) is 12.0. The zero-order chi connectivity index (χ0) is 13.5. The molecule has 4 heteroatoms. The van der Waals surface area contributed by atoms with Crippen molar-refractivity contribution in [3.05, 3.63) is 0 Å². The minimum Gasteiger partial charge on any atom is -0.368 e. The lowest BCUT2D eigenvalue weighted by molar-refractivity contribution is -0.124. The molecule has 3 N–H and O–H groups in total. The number of carbonyl (C=O) groups excluding carboxylic acids is 1. The van der Waals surface area contributed by atoms with Gasteiger partial charge in [-0.1, -0.05) is 6.92 Å². The van der Waals surface area contributed by atoms with Crippen molar-refractivity contribution in [2.45, 2.75) is 82.0 Å². The van der Waals surface area contributed by atoms with Gasteiger partial charge in [0, 0.05) is 18.1 Å². The standard InChI is InChI=1S/C15H27N3O/c1-2-12-4-3-9-18(12)13-7-8-15(10-13,14(16)19)17-11-5-6-11/h11-13,17H,2-10H2,1H3,(H2,16,19). The molecule has 0 bridgehead atoms. The number of nitrogens with zero attached hydrogens (tertiary/aromatic N) is 1. The van der Waals surface area contributed by atoms with Crippen molar-refractivity contribution in [3.8, 4) is 0 Å². The van der Waals surface area contributed by atoms with E-state index in [0.29, 0.717) is 12.1 Å². The predicted molar refractivity (Wildman–Crippen MR) is 75.7 cm³/mol. The molecule has 2 saturated carbocycles. The summed E-state index contributed by atoms with van der Waals surface area (Å²) >= 11 is 0. The van der Waals surface area contributed by atoms with Gasteiger partial charge in [-0.15, -0.1) is 0 Å². The Morgan fingerprint density at radius 2 is 2.16 bits per heavy atom. The lowest BCUT2D eigenvalue weighted by Crippen LogP contribution is -2.55. The molecule has 3 unspecified atom stereocenters. The van der Waals surface area contributed by atoms with E-state index in [-0.39, 0.29) is 5.91 Å². The molecular weight excluding hydrogens is 238 g/mol. The van der Waals surface area contributed by atoms with E-state index in [0.717, 1.165) is 25.3 Å². The van der Waals surface area contributed by atoms with Crippen molar-refractivity contribution in [2.75, 3.05) is 6.54 Å². The monoisotopic (exact) mass is 265 g/mol. The maximum Gasteiger partial charge on any atom is 0.237 e. The summed E-state index contributed by atoms with van der Waals surface area (Å²) in [7, 11) is 0. The van der Waals surface area contributed by atoms with Gasteiger partial charge in [0.25, 0.3) is 0 Å². The second-order valence-electron chi connectivity index (χ2n) is 6.70. The van der Waals surface area contributed by atoms with Crippen molar-refractivity contribution in [1.82, 2.24) is 10.2 Å². The molecule has 0 aromatic rings. The quantitative estimate of drug-likeness (QED) is 0.790. The molecular formula is C15H27N3O. The van der Waals surface area contributed by atoms with Crippen LogP contribution in [0.15, 0.2) is 0 Å². The Kier molecular flexibility index (Phi) is 3.56. The number of hydrogen-bond acceptors (Lipinski definition) is 3. The van der Waals surface area contributed by atoms with Crippen LogP contribution in [0, 0.1) is 0 Å². The summed E-state index contributed by atoms with van der Waals surface area (Å²) < 4.78 is 0. The number of nitrogens with two attached hydrogens (primary N) is 1. The van der Waals surface area contributed by atoms with Crippen LogP contribution >= 0.6 is 0 Å². The van der Waals surface area contributed by atoms with E-state index >= 15 is 0 Å². The van der Waals surface area contributed by atoms with Gasteiger partial charge >= 0.3 is 0 Å². The number of nitrogens with one attached hydrogen (secondary N) is 1. The smallest absolute Gasteiger partial charge is 0.237 e. The SMILES string of the molecule is CCC1CCCN1C1CCC(NC2CC2)(C(N)=O)C1. The highest BCUT2D eigenvalue weighted by atomic mass is 16.1. The van der Waals surface area contributed by atoms with E-state index < -0.39 is 5.54 Å². The molecule has 3 rings (SSSR count). The maximum absolute atomic E-state index is 11.9. The largest absolute Gasteiger partial charge is 0.368 e. The first-order chi connectivity index (χ1) is 9.14. The first kappa shape index (κ1) is 13.4. The minimum atomic E-state index is -0.410. The molecule has 0 radical (unpaired) electrons. The Bertz CT molecular complexity index is 355. The van der Waals surface area contributed by atoms with Gasteiger partial charge in [0.15, 0.2) is 0 Å². The molecule has 3 aliphatic rings. The Morgan fingerprint density at radius 1 is 1.37 bits per heavy atom. The third kappa shape index (κ3) is 2.52. The van der Waals surface area contributed by atoms with E-state index in [4.69, 9.17) is 5.73 Å². The van der Waals surface area contributed by atoms with Crippen molar-refractivity contribution in [3.63, 3.8) is 0 Å². The number of likely N-dealkylation sites (tertiary alicyclic amines) is 1. The lowest BCUT2D eigenvalue weighted by atomic mass is 9.95. The molecule has 1 amide bonds. The van der Waals surface area contributed by atoms with Crippen LogP contribution in [-0.2, 0) is 4.79 Å². The number of rotatable bonds is 5. The maximum atomic E-state index is 11.9. The number of hydrogen-bond donors (Lipinski definition) is 2. The summed E-state index contributed by atoms with van der Waals surface area (Å²) in [5.74, 6) is -0.130. The number of amides is 1. The lowest BCUT2D eigenvalue weighted by Gasteiger charge is -2.32. The van der Waals surface area contributed by atoms with E-state index in [9.17, 15) is 4.79 Å². The number of primary amides is 1. The predicted octanol–water partition coefficient (Wildman–Crippen LogP) is 1.39. The molecule has 4 nitrogen and oxygen atoms in total. The van der Waals surface area contributed by atoms with E-state index in [1.165, 1.54) is 38.6 Å². The fourth-order valence-corrected chi connectivity index (χ4v) is 4.12. The fraction of sp³-hybridized carbons (Fsp3) is 0.933. The third-order valence-corrected chi connectivity index (χ3v) is 5.38. The van der Waals surface area contributed by atoms with Crippen LogP contribution in [0.4, 0.5) is 0 Å². The summed E-state index contributed by atoms with van der Waals surface area (Å²) in [6.07, 6.45) is 9.27. The van der Waals surface area contributed by atoms with Crippen molar-refractivity contribution < 1.29 is 4.79 Å². The Hall–Kier alpha value is -0.610. The number of carbonyl (C=O) groups is 1. The van der Waals surface area contributed by atoms with Crippen LogP contribution in [0.3, 0.4) is 0 Å².